The normalized spacial score (nSPS) is 17.1. The molecule has 0 aliphatic carbocycles. The van der Waals surface area contributed by atoms with Gasteiger partial charge in [0.05, 0.1) is 6.54 Å². The maximum atomic E-state index is 12.8. The lowest BCUT2D eigenvalue weighted by Crippen LogP contribution is -2.50. The number of amides is 2. The molecule has 0 spiro atoms. The molecule has 2 unspecified atom stereocenters. The number of benzene rings is 2. The Morgan fingerprint density at radius 2 is 1.56 bits per heavy atom. The van der Waals surface area contributed by atoms with Crippen LogP contribution in [0.1, 0.15) is 31.4 Å². The molecule has 0 saturated carbocycles. The number of hydrogen-bond acceptors (Lipinski definition) is 4. The number of rotatable bonds is 10. The summed E-state index contributed by atoms with van der Waals surface area (Å²) in [5.41, 5.74) is 2.20. The lowest BCUT2D eigenvalue weighted by atomic mass is 10.0. The van der Waals surface area contributed by atoms with Crippen molar-refractivity contribution in [2.75, 3.05) is 13.1 Å². The molecular formula is C25H31N3O4. The van der Waals surface area contributed by atoms with Gasteiger partial charge in [0.15, 0.2) is 0 Å². The van der Waals surface area contributed by atoms with Gasteiger partial charge in [0, 0.05) is 19.6 Å². The first kappa shape index (κ1) is 23.5. The van der Waals surface area contributed by atoms with Crippen molar-refractivity contribution in [2.45, 2.75) is 45.4 Å². The summed E-state index contributed by atoms with van der Waals surface area (Å²) in [6.45, 7) is 5.23. The summed E-state index contributed by atoms with van der Waals surface area (Å²) in [7, 11) is 0. The zero-order chi connectivity index (χ0) is 23.1. The molecule has 0 bridgehead atoms. The Balaban J connectivity index is 1.64. The Kier molecular flexibility index (Phi) is 8.00. The van der Waals surface area contributed by atoms with Crippen molar-refractivity contribution in [1.29, 1.82) is 0 Å². The molecule has 2 aromatic carbocycles. The Morgan fingerprint density at radius 3 is 2.03 bits per heavy atom. The van der Waals surface area contributed by atoms with Crippen molar-refractivity contribution >= 4 is 17.8 Å². The minimum atomic E-state index is -1.02. The van der Waals surface area contributed by atoms with Gasteiger partial charge < -0.3 is 15.3 Å². The largest absolute Gasteiger partial charge is 0.480 e. The highest BCUT2D eigenvalue weighted by molar-refractivity contribution is 5.92. The SMILES string of the molecule is CC(C)C(C(=O)O)N1CCC(NC(=O)CN(Cc2ccccc2)Cc2ccccc2)C1=O. The molecule has 7 heteroatoms. The maximum Gasteiger partial charge on any atom is 0.326 e. The van der Waals surface area contributed by atoms with Crippen LogP contribution in [0.25, 0.3) is 0 Å². The summed E-state index contributed by atoms with van der Waals surface area (Å²) in [4.78, 5) is 40.7. The average molecular weight is 438 g/mol. The fourth-order valence-corrected chi connectivity index (χ4v) is 4.18. The number of hydrogen-bond donors (Lipinski definition) is 2. The third-order valence-electron chi connectivity index (χ3n) is 5.66. The molecular weight excluding hydrogens is 406 g/mol. The number of carboxylic acid groups (broad SMARTS) is 1. The number of aliphatic carboxylic acids is 1. The van der Waals surface area contributed by atoms with E-state index in [1.807, 2.05) is 65.6 Å². The number of carboxylic acids is 1. The van der Waals surface area contributed by atoms with Crippen molar-refractivity contribution < 1.29 is 19.5 Å². The smallest absolute Gasteiger partial charge is 0.326 e. The second-order valence-corrected chi connectivity index (χ2v) is 8.58. The minimum absolute atomic E-state index is 0.139. The van der Waals surface area contributed by atoms with Crippen molar-refractivity contribution in [3.05, 3.63) is 71.8 Å². The summed E-state index contributed by atoms with van der Waals surface area (Å²) in [5.74, 6) is -1.79. The summed E-state index contributed by atoms with van der Waals surface area (Å²) < 4.78 is 0. The van der Waals surface area contributed by atoms with Crippen LogP contribution in [0.4, 0.5) is 0 Å². The molecule has 170 valence electrons. The first-order valence-corrected chi connectivity index (χ1v) is 11.0. The molecule has 1 aliphatic rings. The van der Waals surface area contributed by atoms with Crippen molar-refractivity contribution in [2.24, 2.45) is 5.92 Å². The molecule has 1 fully saturated rings. The zero-order valence-electron chi connectivity index (χ0n) is 18.6. The van der Waals surface area contributed by atoms with E-state index in [4.69, 9.17) is 0 Å². The lowest BCUT2D eigenvalue weighted by Gasteiger charge is -2.27. The van der Waals surface area contributed by atoms with E-state index < -0.39 is 18.1 Å². The Morgan fingerprint density at radius 1 is 1.03 bits per heavy atom. The third-order valence-corrected chi connectivity index (χ3v) is 5.66. The monoisotopic (exact) mass is 437 g/mol. The van der Waals surface area contributed by atoms with Gasteiger partial charge in [-0.15, -0.1) is 0 Å². The van der Waals surface area contributed by atoms with Gasteiger partial charge in [-0.25, -0.2) is 4.79 Å². The molecule has 2 N–H and O–H groups in total. The number of nitrogens with zero attached hydrogens (tertiary/aromatic N) is 2. The van der Waals surface area contributed by atoms with Gasteiger partial charge >= 0.3 is 5.97 Å². The van der Waals surface area contributed by atoms with Crippen LogP contribution in [0.15, 0.2) is 60.7 Å². The predicted octanol–water partition coefficient (Wildman–Crippen LogP) is 2.52. The van der Waals surface area contributed by atoms with Crippen LogP contribution in [0.5, 0.6) is 0 Å². The molecule has 0 aromatic heterocycles. The first-order chi connectivity index (χ1) is 15.3. The molecule has 1 heterocycles. The van der Waals surface area contributed by atoms with Crippen LogP contribution in [-0.4, -0.2) is 57.9 Å². The molecule has 0 radical (unpaired) electrons. The summed E-state index contributed by atoms with van der Waals surface area (Å²) in [6, 6.07) is 18.3. The van der Waals surface area contributed by atoms with E-state index in [1.54, 1.807) is 13.8 Å². The van der Waals surface area contributed by atoms with Gasteiger partial charge in [-0.05, 0) is 23.5 Å². The summed E-state index contributed by atoms with van der Waals surface area (Å²) >= 11 is 0. The highest BCUT2D eigenvalue weighted by atomic mass is 16.4. The number of carbonyl (C=O) groups is 3. The van der Waals surface area contributed by atoms with Gasteiger partial charge in [-0.1, -0.05) is 74.5 Å². The van der Waals surface area contributed by atoms with Gasteiger partial charge in [0.2, 0.25) is 11.8 Å². The van der Waals surface area contributed by atoms with Gasteiger partial charge in [-0.3, -0.25) is 14.5 Å². The van der Waals surface area contributed by atoms with Crippen LogP contribution in [-0.2, 0) is 27.5 Å². The second kappa shape index (κ2) is 10.9. The lowest BCUT2D eigenvalue weighted by molar-refractivity contribution is -0.150. The fraction of sp³-hybridized carbons (Fsp3) is 0.400. The molecule has 32 heavy (non-hydrogen) atoms. The molecule has 2 aromatic rings. The summed E-state index contributed by atoms with van der Waals surface area (Å²) in [6.07, 6.45) is 0.415. The van der Waals surface area contributed by atoms with E-state index in [-0.39, 0.29) is 24.3 Å². The fourth-order valence-electron chi connectivity index (χ4n) is 4.18. The number of nitrogens with one attached hydrogen (secondary N) is 1. The molecule has 2 atom stereocenters. The standard InChI is InChI=1S/C25H31N3O4/c1-18(2)23(25(31)32)28-14-13-21(24(28)30)26-22(29)17-27(15-19-9-5-3-6-10-19)16-20-11-7-4-8-12-20/h3-12,18,21,23H,13-17H2,1-2H3,(H,26,29)(H,31,32). The second-order valence-electron chi connectivity index (χ2n) is 8.58. The van der Waals surface area contributed by atoms with E-state index in [2.05, 4.69) is 5.32 Å². The maximum absolute atomic E-state index is 12.8. The van der Waals surface area contributed by atoms with E-state index in [9.17, 15) is 19.5 Å². The van der Waals surface area contributed by atoms with E-state index in [0.29, 0.717) is 26.1 Å². The van der Waals surface area contributed by atoms with Gasteiger partial charge in [-0.2, -0.15) is 0 Å². The molecule has 2 amide bonds. The Bertz CT molecular complexity index is 876. The highest BCUT2D eigenvalue weighted by Gasteiger charge is 2.40. The van der Waals surface area contributed by atoms with Crippen molar-refractivity contribution in [1.82, 2.24) is 15.1 Å². The van der Waals surface area contributed by atoms with Gasteiger partial charge in [0.1, 0.15) is 12.1 Å². The first-order valence-electron chi connectivity index (χ1n) is 11.0. The molecule has 7 nitrogen and oxygen atoms in total. The minimum Gasteiger partial charge on any atom is -0.480 e. The number of carbonyl (C=O) groups excluding carboxylic acids is 2. The van der Waals surface area contributed by atoms with E-state index >= 15 is 0 Å². The Hall–Kier alpha value is -3.19. The van der Waals surface area contributed by atoms with E-state index in [0.717, 1.165) is 11.1 Å². The topological polar surface area (TPSA) is 89.9 Å². The third kappa shape index (κ3) is 6.17. The number of likely N-dealkylation sites (tertiary alicyclic amines) is 1. The van der Waals surface area contributed by atoms with Crippen LogP contribution >= 0.6 is 0 Å². The van der Waals surface area contributed by atoms with Crippen molar-refractivity contribution in [3.8, 4) is 0 Å². The molecule has 1 saturated heterocycles. The van der Waals surface area contributed by atoms with E-state index in [1.165, 1.54) is 4.90 Å². The van der Waals surface area contributed by atoms with Crippen LogP contribution < -0.4 is 5.32 Å². The highest BCUT2D eigenvalue weighted by Crippen LogP contribution is 2.20. The summed E-state index contributed by atoms with van der Waals surface area (Å²) in [5, 5.41) is 12.3. The molecule has 1 aliphatic heterocycles. The zero-order valence-corrected chi connectivity index (χ0v) is 18.6. The Labute approximate surface area is 189 Å². The van der Waals surface area contributed by atoms with Crippen molar-refractivity contribution in [3.63, 3.8) is 0 Å². The molecule has 3 rings (SSSR count). The quantitative estimate of drug-likeness (QED) is 0.596. The van der Waals surface area contributed by atoms with Crippen LogP contribution in [0, 0.1) is 5.92 Å². The average Bonchev–Trinajstić information content (AvgIpc) is 3.09. The van der Waals surface area contributed by atoms with Crippen LogP contribution in [0.2, 0.25) is 0 Å². The van der Waals surface area contributed by atoms with Gasteiger partial charge in [0.25, 0.3) is 0 Å². The predicted molar refractivity (Wildman–Crippen MR) is 122 cm³/mol. The van der Waals surface area contributed by atoms with Crippen LogP contribution in [0.3, 0.4) is 0 Å².